The van der Waals surface area contributed by atoms with Gasteiger partial charge in [0.2, 0.25) is 0 Å². The lowest BCUT2D eigenvalue weighted by Gasteiger charge is -2.33. The summed E-state index contributed by atoms with van der Waals surface area (Å²) >= 11 is 0. The highest BCUT2D eigenvalue weighted by atomic mass is 28.4. The summed E-state index contributed by atoms with van der Waals surface area (Å²) in [6.07, 6.45) is 8.96. The van der Waals surface area contributed by atoms with Crippen LogP contribution in [0.15, 0.2) is 62.6 Å². The fourth-order valence-corrected chi connectivity index (χ4v) is 10.0. The average Bonchev–Trinajstić information content (AvgIpc) is 2.37. The van der Waals surface area contributed by atoms with Crippen molar-refractivity contribution in [3.05, 3.63) is 62.6 Å². The van der Waals surface area contributed by atoms with Crippen molar-refractivity contribution < 1.29 is 14.3 Å². The Labute approximate surface area is 125 Å². The third kappa shape index (κ3) is 7.32. The van der Waals surface area contributed by atoms with Crippen LogP contribution in [-0.2, 0) is 4.12 Å². The van der Waals surface area contributed by atoms with Gasteiger partial charge in [-0.3, -0.25) is 0 Å². The van der Waals surface area contributed by atoms with Crippen LogP contribution in [-0.4, -0.2) is 27.6 Å². The summed E-state index contributed by atoms with van der Waals surface area (Å²) < 4.78 is 6.48. The van der Waals surface area contributed by atoms with E-state index in [0.717, 1.165) is 24.2 Å². The van der Waals surface area contributed by atoms with Crippen molar-refractivity contribution in [2.24, 2.45) is 0 Å². The van der Waals surface area contributed by atoms with Gasteiger partial charge in [0.1, 0.15) is 0 Å². The van der Waals surface area contributed by atoms with Crippen LogP contribution in [0.4, 0.5) is 0 Å². The standard InChI is InChI=1S/C15H26O3Si2/c1-5-10-19(11-9-15(16)17)18-20(12-6-2,13-7-3)14-8-4/h5-9,16-17,19H,1-4,10-14H2. The van der Waals surface area contributed by atoms with E-state index in [1.807, 2.05) is 24.3 Å². The Morgan fingerprint density at radius 1 is 0.900 bits per heavy atom. The molecular formula is C15H26O3Si2. The lowest BCUT2D eigenvalue weighted by molar-refractivity contribution is 0.190. The van der Waals surface area contributed by atoms with E-state index in [2.05, 4.69) is 26.3 Å². The molecule has 5 heteroatoms. The molecule has 112 valence electrons. The Morgan fingerprint density at radius 3 is 1.75 bits per heavy atom. The summed E-state index contributed by atoms with van der Waals surface area (Å²) in [5.74, 6) is -0.640. The van der Waals surface area contributed by atoms with Crippen molar-refractivity contribution in [2.75, 3.05) is 0 Å². The maximum atomic E-state index is 8.90. The number of allylic oxidation sites excluding steroid dienone is 5. The molecule has 0 spiro atoms. The second kappa shape index (κ2) is 10.5. The van der Waals surface area contributed by atoms with Gasteiger partial charge in [-0.2, -0.15) is 0 Å². The van der Waals surface area contributed by atoms with Crippen molar-refractivity contribution in [2.45, 2.75) is 30.2 Å². The molecule has 3 nitrogen and oxygen atoms in total. The lowest BCUT2D eigenvalue weighted by atomic mass is 10.7. The van der Waals surface area contributed by atoms with Gasteiger partial charge in [0.15, 0.2) is 17.4 Å². The maximum absolute atomic E-state index is 8.90. The Kier molecular flexibility index (Phi) is 9.79. The fourth-order valence-electron chi connectivity index (χ4n) is 2.15. The quantitative estimate of drug-likeness (QED) is 0.320. The first-order valence-electron chi connectivity index (χ1n) is 6.73. The predicted molar refractivity (Wildman–Crippen MR) is 92.2 cm³/mol. The molecule has 0 heterocycles. The molecule has 0 aromatic carbocycles. The lowest BCUT2D eigenvalue weighted by Crippen LogP contribution is -2.42. The van der Waals surface area contributed by atoms with Crippen molar-refractivity contribution in [3.8, 4) is 0 Å². The molecule has 0 aliphatic carbocycles. The molecule has 2 N–H and O–H groups in total. The molecule has 0 saturated carbocycles. The molecule has 0 aliphatic heterocycles. The zero-order valence-corrected chi connectivity index (χ0v) is 14.3. The Hall–Kier alpha value is -1.31. The third-order valence-electron chi connectivity index (χ3n) is 2.96. The summed E-state index contributed by atoms with van der Waals surface area (Å²) in [6, 6.07) is 3.92. The van der Waals surface area contributed by atoms with Gasteiger partial charge in [0.25, 0.3) is 5.95 Å². The van der Waals surface area contributed by atoms with Crippen LogP contribution in [0.2, 0.25) is 30.2 Å². The van der Waals surface area contributed by atoms with Crippen molar-refractivity contribution in [3.63, 3.8) is 0 Å². The van der Waals surface area contributed by atoms with Crippen LogP contribution in [0.1, 0.15) is 0 Å². The summed E-state index contributed by atoms with van der Waals surface area (Å²) in [6.45, 7) is 15.2. The number of aliphatic hydroxyl groups excluding tert-OH is 1. The Balaban J connectivity index is 5.05. The molecule has 0 aromatic heterocycles. The first-order valence-corrected chi connectivity index (χ1v) is 11.4. The van der Waals surface area contributed by atoms with Crippen LogP contribution >= 0.6 is 0 Å². The normalized spacial score (nSPS) is 12.2. The zero-order chi connectivity index (χ0) is 15.4. The van der Waals surface area contributed by atoms with Crippen LogP contribution in [0, 0.1) is 0 Å². The number of rotatable bonds is 12. The van der Waals surface area contributed by atoms with Crippen molar-refractivity contribution in [1.29, 1.82) is 0 Å². The molecule has 0 fully saturated rings. The molecule has 1 atom stereocenters. The van der Waals surface area contributed by atoms with Gasteiger partial charge in [0.05, 0.1) is 0 Å². The maximum Gasteiger partial charge on any atom is 0.269 e. The van der Waals surface area contributed by atoms with Gasteiger partial charge >= 0.3 is 0 Å². The van der Waals surface area contributed by atoms with E-state index in [0.29, 0.717) is 6.04 Å². The SMILES string of the molecule is C=CC[SiH](CC=C(O)O)O[Si](CC=C)(CC=C)CC=C. The van der Waals surface area contributed by atoms with Crippen LogP contribution in [0.25, 0.3) is 0 Å². The van der Waals surface area contributed by atoms with E-state index in [4.69, 9.17) is 14.3 Å². The highest BCUT2D eigenvalue weighted by Gasteiger charge is 2.33. The van der Waals surface area contributed by atoms with Crippen LogP contribution in [0.5, 0.6) is 0 Å². The summed E-state index contributed by atoms with van der Waals surface area (Å²) in [4.78, 5) is 0. The van der Waals surface area contributed by atoms with Crippen molar-refractivity contribution >= 4 is 17.4 Å². The molecule has 0 aliphatic rings. The predicted octanol–water partition coefficient (Wildman–Crippen LogP) is 4.37. The molecule has 0 amide bonds. The van der Waals surface area contributed by atoms with Gasteiger partial charge in [0, 0.05) is 0 Å². The molecule has 0 bridgehead atoms. The number of hydrogen-bond donors (Lipinski definition) is 2. The summed E-state index contributed by atoms with van der Waals surface area (Å²) in [5.41, 5.74) is 0. The number of hydrogen-bond acceptors (Lipinski definition) is 3. The minimum atomic E-state index is -2.00. The first-order chi connectivity index (χ1) is 9.53. The molecule has 0 rings (SSSR count). The van der Waals surface area contributed by atoms with Gasteiger partial charge in [-0.25, -0.2) is 0 Å². The molecule has 0 radical (unpaired) electrons. The van der Waals surface area contributed by atoms with E-state index in [1.54, 1.807) is 0 Å². The van der Waals surface area contributed by atoms with E-state index in [9.17, 15) is 0 Å². The average molecular weight is 311 g/mol. The fraction of sp³-hybridized carbons (Fsp3) is 0.333. The van der Waals surface area contributed by atoms with E-state index >= 15 is 0 Å². The van der Waals surface area contributed by atoms with Gasteiger partial charge in [-0.1, -0.05) is 24.3 Å². The first kappa shape index (κ1) is 18.7. The topological polar surface area (TPSA) is 49.7 Å². The van der Waals surface area contributed by atoms with Gasteiger partial charge in [-0.15, -0.1) is 26.3 Å². The van der Waals surface area contributed by atoms with Crippen molar-refractivity contribution in [1.82, 2.24) is 0 Å². The third-order valence-corrected chi connectivity index (χ3v) is 11.0. The minimum absolute atomic E-state index is 0.578. The zero-order valence-electron chi connectivity index (χ0n) is 12.1. The Bertz CT molecular complexity index is 334. The van der Waals surface area contributed by atoms with E-state index in [-0.39, 0.29) is 0 Å². The highest BCUT2D eigenvalue weighted by molar-refractivity contribution is 6.81. The smallest absolute Gasteiger partial charge is 0.269 e. The number of aliphatic hydroxyl groups is 2. The monoisotopic (exact) mass is 310 g/mol. The van der Waals surface area contributed by atoms with Crippen LogP contribution < -0.4 is 0 Å². The minimum Gasteiger partial charge on any atom is -0.481 e. The summed E-state index contributed by atoms with van der Waals surface area (Å²) in [7, 11) is -3.61. The molecule has 0 saturated heterocycles. The molecular weight excluding hydrogens is 284 g/mol. The van der Waals surface area contributed by atoms with Gasteiger partial charge in [-0.05, 0) is 36.3 Å². The van der Waals surface area contributed by atoms with Crippen LogP contribution in [0.3, 0.4) is 0 Å². The molecule has 20 heavy (non-hydrogen) atoms. The highest BCUT2D eigenvalue weighted by Crippen LogP contribution is 2.27. The van der Waals surface area contributed by atoms with E-state index < -0.39 is 23.3 Å². The second-order valence-electron chi connectivity index (χ2n) is 4.72. The van der Waals surface area contributed by atoms with E-state index in [1.165, 1.54) is 6.08 Å². The summed E-state index contributed by atoms with van der Waals surface area (Å²) in [5, 5.41) is 17.8. The molecule has 1 unspecified atom stereocenters. The largest absolute Gasteiger partial charge is 0.481 e. The Morgan fingerprint density at radius 2 is 1.40 bits per heavy atom. The second-order valence-corrected chi connectivity index (χ2v) is 11.4. The van der Waals surface area contributed by atoms with Gasteiger partial charge < -0.3 is 14.3 Å². The molecule has 0 aromatic rings.